The number of aromatic hydroxyl groups is 1. The highest BCUT2D eigenvalue weighted by atomic mass is 16.3. The zero-order chi connectivity index (χ0) is 20.1. The van der Waals surface area contributed by atoms with Gasteiger partial charge in [-0.2, -0.15) is 0 Å². The van der Waals surface area contributed by atoms with E-state index in [2.05, 4.69) is 36.2 Å². The van der Waals surface area contributed by atoms with Crippen molar-refractivity contribution in [2.45, 2.75) is 12.3 Å². The van der Waals surface area contributed by atoms with Gasteiger partial charge in [0.15, 0.2) is 0 Å². The maximum atomic E-state index is 11.2. The molecule has 0 saturated carbocycles. The molecule has 0 atom stereocenters. The molecular weight excluding hydrogens is 354 g/mol. The highest BCUT2D eigenvalue weighted by Crippen LogP contribution is 2.43. The summed E-state index contributed by atoms with van der Waals surface area (Å²) in [5, 5.41) is 11.2. The summed E-state index contributed by atoms with van der Waals surface area (Å²) in [6, 6.07) is 36.2. The van der Waals surface area contributed by atoms with Crippen LogP contribution in [0.2, 0.25) is 0 Å². The minimum atomic E-state index is -0.497. The minimum absolute atomic E-state index is 0.252. The zero-order valence-electron chi connectivity index (χ0n) is 16.4. The normalized spacial score (nSPS) is 11.6. The van der Waals surface area contributed by atoms with Crippen LogP contribution < -0.4 is 0 Å². The van der Waals surface area contributed by atoms with Gasteiger partial charge in [-0.15, -0.1) is 0 Å². The molecule has 0 aliphatic heterocycles. The molecule has 0 heterocycles. The Morgan fingerprint density at radius 3 is 1.72 bits per heavy atom. The van der Waals surface area contributed by atoms with Crippen molar-refractivity contribution in [3.63, 3.8) is 0 Å². The lowest BCUT2D eigenvalue weighted by molar-refractivity contribution is 0.456. The van der Waals surface area contributed by atoms with E-state index in [-0.39, 0.29) is 5.75 Å². The first-order valence-electron chi connectivity index (χ1n) is 9.72. The number of hydrogen-bond acceptors (Lipinski definition) is 2. The number of nitrogens with zero attached hydrogens (tertiary/aromatic N) is 1. The number of hydrogen-bond donors (Lipinski definition) is 1. The van der Waals surface area contributed by atoms with Gasteiger partial charge in [0.2, 0.25) is 0 Å². The standard InChI is InChI=1S/C27H23NO/c1-27(22-13-5-2-6-14-22,23-15-7-3-8-16-23)25-19-11-12-21(26(25)29)20-28-24-17-9-4-10-18-24/h2-20,29H,1H3. The molecule has 2 heteroatoms. The summed E-state index contributed by atoms with van der Waals surface area (Å²) in [4.78, 5) is 4.52. The summed E-state index contributed by atoms with van der Waals surface area (Å²) in [6.45, 7) is 2.16. The third-order valence-electron chi connectivity index (χ3n) is 5.42. The van der Waals surface area contributed by atoms with Crippen molar-refractivity contribution in [1.82, 2.24) is 0 Å². The molecule has 0 unspecified atom stereocenters. The SMILES string of the molecule is CC(c1ccccc1)(c1ccccc1)c1cccc(C=Nc2ccccc2)c1O. The Kier molecular flexibility index (Phi) is 5.26. The molecule has 2 nitrogen and oxygen atoms in total. The van der Waals surface area contributed by atoms with Crippen LogP contribution in [0.15, 0.2) is 114 Å². The second kappa shape index (κ2) is 8.15. The summed E-state index contributed by atoms with van der Waals surface area (Å²) in [6.07, 6.45) is 1.73. The first-order chi connectivity index (χ1) is 14.2. The van der Waals surface area contributed by atoms with Gasteiger partial charge in [0.05, 0.1) is 5.69 Å². The van der Waals surface area contributed by atoms with Gasteiger partial charge < -0.3 is 5.11 Å². The molecule has 4 rings (SSSR count). The molecule has 0 aliphatic carbocycles. The van der Waals surface area contributed by atoms with Crippen molar-refractivity contribution >= 4 is 11.9 Å². The third kappa shape index (κ3) is 3.70. The maximum Gasteiger partial charge on any atom is 0.128 e. The van der Waals surface area contributed by atoms with Gasteiger partial charge in [-0.1, -0.05) is 91.0 Å². The largest absolute Gasteiger partial charge is 0.507 e. The van der Waals surface area contributed by atoms with E-state index >= 15 is 0 Å². The second-order valence-corrected chi connectivity index (χ2v) is 7.19. The Balaban J connectivity index is 1.85. The third-order valence-corrected chi connectivity index (χ3v) is 5.42. The van der Waals surface area contributed by atoms with Crippen molar-refractivity contribution in [2.75, 3.05) is 0 Å². The molecule has 0 amide bonds. The molecule has 0 bridgehead atoms. The van der Waals surface area contributed by atoms with Crippen LogP contribution >= 0.6 is 0 Å². The molecule has 29 heavy (non-hydrogen) atoms. The molecule has 0 fully saturated rings. The van der Waals surface area contributed by atoms with Gasteiger partial charge in [-0.05, 0) is 36.2 Å². The molecule has 0 radical (unpaired) electrons. The predicted molar refractivity (Wildman–Crippen MR) is 120 cm³/mol. The smallest absolute Gasteiger partial charge is 0.128 e. The van der Waals surface area contributed by atoms with Crippen LogP contribution in [0.25, 0.3) is 0 Å². The Morgan fingerprint density at radius 2 is 1.17 bits per heavy atom. The lowest BCUT2D eigenvalue weighted by Crippen LogP contribution is -2.25. The van der Waals surface area contributed by atoms with Gasteiger partial charge in [-0.25, -0.2) is 0 Å². The number of rotatable bonds is 5. The monoisotopic (exact) mass is 377 g/mol. The van der Waals surface area contributed by atoms with E-state index in [0.717, 1.165) is 22.4 Å². The van der Waals surface area contributed by atoms with E-state index in [4.69, 9.17) is 0 Å². The zero-order valence-corrected chi connectivity index (χ0v) is 16.4. The van der Waals surface area contributed by atoms with Crippen molar-refractivity contribution < 1.29 is 5.11 Å². The summed E-state index contributed by atoms with van der Waals surface area (Å²) in [5.74, 6) is 0.252. The average Bonchev–Trinajstić information content (AvgIpc) is 2.80. The number of aliphatic imine (C=N–C) groups is 1. The molecule has 0 spiro atoms. The Hall–Kier alpha value is -3.65. The van der Waals surface area contributed by atoms with Gasteiger partial charge in [-0.3, -0.25) is 4.99 Å². The molecule has 0 saturated heterocycles. The highest BCUT2D eigenvalue weighted by Gasteiger charge is 2.33. The number of phenols is 1. The van der Waals surface area contributed by atoms with Crippen molar-refractivity contribution in [3.05, 3.63) is 131 Å². The predicted octanol–water partition coefficient (Wildman–Crippen LogP) is 6.50. The molecule has 1 N–H and O–H groups in total. The van der Waals surface area contributed by atoms with Crippen LogP contribution in [0, 0.1) is 0 Å². The first kappa shape index (κ1) is 18.7. The van der Waals surface area contributed by atoms with Crippen molar-refractivity contribution in [3.8, 4) is 5.75 Å². The molecule has 4 aromatic carbocycles. The second-order valence-electron chi connectivity index (χ2n) is 7.19. The van der Waals surface area contributed by atoms with E-state index in [1.807, 2.05) is 84.9 Å². The lowest BCUT2D eigenvalue weighted by atomic mass is 9.70. The lowest BCUT2D eigenvalue weighted by Gasteiger charge is -2.32. The highest BCUT2D eigenvalue weighted by molar-refractivity contribution is 5.86. The fraction of sp³-hybridized carbons (Fsp3) is 0.0741. The number of para-hydroxylation sites is 2. The van der Waals surface area contributed by atoms with Crippen LogP contribution in [-0.2, 0) is 5.41 Å². The first-order valence-corrected chi connectivity index (χ1v) is 9.72. The average molecular weight is 377 g/mol. The van der Waals surface area contributed by atoms with Crippen LogP contribution in [0.5, 0.6) is 5.75 Å². The fourth-order valence-corrected chi connectivity index (χ4v) is 3.75. The van der Waals surface area contributed by atoms with Crippen molar-refractivity contribution in [1.29, 1.82) is 0 Å². The van der Waals surface area contributed by atoms with E-state index in [9.17, 15) is 5.11 Å². The number of benzene rings is 4. The van der Waals surface area contributed by atoms with Gasteiger partial charge in [0, 0.05) is 22.8 Å². The van der Waals surface area contributed by atoms with E-state index < -0.39 is 5.41 Å². The summed E-state index contributed by atoms with van der Waals surface area (Å²) >= 11 is 0. The Bertz CT molecular complexity index is 1060. The Labute approximate surface area is 171 Å². The van der Waals surface area contributed by atoms with Crippen LogP contribution in [0.3, 0.4) is 0 Å². The molecular formula is C27H23NO. The molecule has 0 aromatic heterocycles. The van der Waals surface area contributed by atoms with E-state index in [0.29, 0.717) is 5.56 Å². The summed E-state index contributed by atoms with van der Waals surface area (Å²) in [5.41, 5.74) is 4.16. The van der Waals surface area contributed by atoms with Gasteiger partial charge in [0.25, 0.3) is 0 Å². The molecule has 0 aliphatic rings. The fourth-order valence-electron chi connectivity index (χ4n) is 3.75. The maximum absolute atomic E-state index is 11.2. The molecule has 4 aromatic rings. The van der Waals surface area contributed by atoms with Gasteiger partial charge >= 0.3 is 0 Å². The topological polar surface area (TPSA) is 32.6 Å². The van der Waals surface area contributed by atoms with Gasteiger partial charge in [0.1, 0.15) is 5.75 Å². The van der Waals surface area contributed by atoms with E-state index in [1.165, 1.54) is 0 Å². The van der Waals surface area contributed by atoms with Crippen LogP contribution in [-0.4, -0.2) is 11.3 Å². The van der Waals surface area contributed by atoms with E-state index in [1.54, 1.807) is 6.21 Å². The number of phenolic OH excluding ortho intramolecular Hbond substituents is 1. The van der Waals surface area contributed by atoms with Crippen LogP contribution in [0.4, 0.5) is 5.69 Å². The summed E-state index contributed by atoms with van der Waals surface area (Å²) in [7, 11) is 0. The minimum Gasteiger partial charge on any atom is -0.507 e. The molecule has 142 valence electrons. The quantitative estimate of drug-likeness (QED) is 0.313. The van der Waals surface area contributed by atoms with Crippen LogP contribution in [0.1, 0.15) is 29.2 Å². The van der Waals surface area contributed by atoms with Crippen molar-refractivity contribution in [2.24, 2.45) is 4.99 Å². The summed E-state index contributed by atoms with van der Waals surface area (Å²) < 4.78 is 0. The Morgan fingerprint density at radius 1 is 0.655 bits per heavy atom.